The fourth-order valence-electron chi connectivity index (χ4n) is 4.21. The molecule has 2 aliphatic rings. The van der Waals surface area contributed by atoms with Crippen molar-refractivity contribution in [2.45, 2.75) is 32.1 Å². The second kappa shape index (κ2) is 7.86. The molecule has 33 heavy (non-hydrogen) atoms. The Bertz CT molecular complexity index is 1450. The van der Waals surface area contributed by atoms with Crippen molar-refractivity contribution in [3.63, 3.8) is 0 Å². The minimum absolute atomic E-state index is 0.110. The molecule has 0 amide bonds. The van der Waals surface area contributed by atoms with Crippen molar-refractivity contribution < 1.29 is 19.0 Å². The van der Waals surface area contributed by atoms with Gasteiger partial charge in [0.05, 0.1) is 29.0 Å². The first kappa shape index (κ1) is 20.9. The quantitative estimate of drug-likeness (QED) is 0.312. The van der Waals surface area contributed by atoms with E-state index in [0.717, 1.165) is 22.2 Å². The van der Waals surface area contributed by atoms with E-state index in [1.807, 2.05) is 30.3 Å². The lowest BCUT2D eigenvalue weighted by Crippen LogP contribution is -2.44. The molecule has 2 aliphatic heterocycles. The van der Waals surface area contributed by atoms with Gasteiger partial charge in [0, 0.05) is 28.9 Å². The summed E-state index contributed by atoms with van der Waals surface area (Å²) >= 11 is 0. The molecule has 9 heteroatoms. The van der Waals surface area contributed by atoms with E-state index in [4.69, 9.17) is 9.72 Å². The number of aliphatic hydroxyl groups is 1. The third-order valence-electron chi connectivity index (χ3n) is 5.95. The summed E-state index contributed by atoms with van der Waals surface area (Å²) in [6, 6.07) is 13.1. The third kappa shape index (κ3) is 3.37. The van der Waals surface area contributed by atoms with E-state index in [1.54, 1.807) is 23.6 Å². The van der Waals surface area contributed by atoms with E-state index in [-0.39, 0.29) is 18.6 Å². The number of rotatable bonds is 1. The number of ether oxygens (including phenoxy) is 1. The van der Waals surface area contributed by atoms with Crippen LogP contribution in [0, 0.1) is 6.08 Å². The topological polar surface area (TPSA) is 107 Å². The zero-order chi connectivity index (χ0) is 23.2. The van der Waals surface area contributed by atoms with Gasteiger partial charge in [-0.15, -0.1) is 0 Å². The molecule has 0 bridgehead atoms. The Morgan fingerprint density at radius 2 is 1.91 bits per heavy atom. The molecule has 1 aromatic carbocycles. The number of benzene rings is 1. The van der Waals surface area contributed by atoms with Crippen molar-refractivity contribution in [2.75, 3.05) is 0 Å². The highest BCUT2D eigenvalue weighted by molar-refractivity contribution is 5.86. The zero-order valence-electron chi connectivity index (χ0n) is 17.7. The van der Waals surface area contributed by atoms with Crippen molar-refractivity contribution in [2.24, 2.45) is 0 Å². The summed E-state index contributed by atoms with van der Waals surface area (Å²) in [7, 11) is 0. The SMILES string of the molecule is CC[C@@]1(O)C(=O)OCc2c1cc1n(c2=O)Cc2cc3ccccc3nc2-1.Fc1ncccn1. The van der Waals surface area contributed by atoms with E-state index < -0.39 is 17.6 Å². The van der Waals surface area contributed by atoms with Gasteiger partial charge in [-0.25, -0.2) is 19.7 Å². The van der Waals surface area contributed by atoms with Crippen LogP contribution in [0.1, 0.15) is 30.0 Å². The van der Waals surface area contributed by atoms with Gasteiger partial charge in [-0.1, -0.05) is 25.1 Å². The van der Waals surface area contributed by atoms with Gasteiger partial charge < -0.3 is 14.4 Å². The molecule has 0 saturated heterocycles. The van der Waals surface area contributed by atoms with Crippen LogP contribution >= 0.6 is 0 Å². The van der Waals surface area contributed by atoms with Gasteiger partial charge in [0.2, 0.25) is 0 Å². The molecule has 0 saturated carbocycles. The Balaban J connectivity index is 0.000000281. The van der Waals surface area contributed by atoms with Crippen LogP contribution < -0.4 is 5.56 Å². The Morgan fingerprint density at radius 3 is 2.61 bits per heavy atom. The first-order valence-electron chi connectivity index (χ1n) is 10.4. The minimum Gasteiger partial charge on any atom is -0.458 e. The van der Waals surface area contributed by atoms with Crippen LogP contribution in [-0.4, -0.2) is 30.6 Å². The van der Waals surface area contributed by atoms with Crippen molar-refractivity contribution in [3.8, 4) is 11.4 Å². The smallest absolute Gasteiger partial charge is 0.343 e. The third-order valence-corrected chi connectivity index (χ3v) is 5.95. The number of hydrogen-bond donors (Lipinski definition) is 1. The van der Waals surface area contributed by atoms with Crippen molar-refractivity contribution >= 4 is 16.9 Å². The molecule has 8 nitrogen and oxygen atoms in total. The van der Waals surface area contributed by atoms with Crippen LogP contribution in [0.5, 0.6) is 0 Å². The Labute approximate surface area is 187 Å². The largest absolute Gasteiger partial charge is 0.458 e. The van der Waals surface area contributed by atoms with Crippen LogP contribution in [0.3, 0.4) is 0 Å². The number of nitrogens with zero attached hydrogens (tertiary/aromatic N) is 4. The summed E-state index contributed by atoms with van der Waals surface area (Å²) in [6.07, 6.45) is 2.16. The molecule has 1 atom stereocenters. The number of cyclic esters (lactones) is 1. The summed E-state index contributed by atoms with van der Waals surface area (Å²) in [4.78, 5) is 36.3. The highest BCUT2D eigenvalue weighted by atomic mass is 19.1. The normalized spacial score (nSPS) is 18.0. The molecular formula is C24H19FN4O4. The number of carbonyl (C=O) groups excluding carboxylic acids is 1. The van der Waals surface area contributed by atoms with Crippen LogP contribution in [0.2, 0.25) is 0 Å². The maximum atomic E-state index is 13.0. The highest BCUT2D eigenvalue weighted by Crippen LogP contribution is 2.38. The number of hydrogen-bond acceptors (Lipinski definition) is 7. The highest BCUT2D eigenvalue weighted by Gasteiger charge is 2.45. The van der Waals surface area contributed by atoms with Gasteiger partial charge in [-0.05, 0) is 30.7 Å². The van der Waals surface area contributed by atoms with Gasteiger partial charge in [0.15, 0.2) is 5.60 Å². The standard InChI is InChI=1S/C20H16N2O4.C4H3FN2/c1-2-20(25)14-8-16-17-12(7-11-5-3-4-6-15(11)21-17)9-22(16)18(23)13(14)10-26-19(20)24;5-4-6-2-1-3-7-4/h3-8,25H,2,9-10H2,1H3;1-3H/t20-;/m0./s1. The number of carbonyl (C=O) groups is 1. The summed E-state index contributed by atoms with van der Waals surface area (Å²) in [6.45, 7) is 2.01. The zero-order valence-corrected chi connectivity index (χ0v) is 17.7. The molecule has 166 valence electrons. The lowest BCUT2D eigenvalue weighted by molar-refractivity contribution is -0.172. The molecular weight excluding hydrogens is 427 g/mol. The lowest BCUT2D eigenvalue weighted by Gasteiger charge is -2.31. The van der Waals surface area contributed by atoms with Gasteiger partial charge in [0.1, 0.15) is 6.61 Å². The van der Waals surface area contributed by atoms with Gasteiger partial charge in [-0.3, -0.25) is 4.79 Å². The van der Waals surface area contributed by atoms with Gasteiger partial charge in [-0.2, -0.15) is 4.39 Å². The van der Waals surface area contributed by atoms with E-state index in [2.05, 4.69) is 9.97 Å². The van der Waals surface area contributed by atoms with Crippen molar-refractivity contribution in [3.05, 3.63) is 88.0 Å². The molecule has 0 radical (unpaired) electrons. The minimum atomic E-state index is -1.79. The predicted molar refractivity (Wildman–Crippen MR) is 117 cm³/mol. The molecule has 6 rings (SSSR count). The van der Waals surface area contributed by atoms with E-state index >= 15 is 0 Å². The summed E-state index contributed by atoms with van der Waals surface area (Å²) in [5.74, 6) is -0.707. The first-order valence-corrected chi connectivity index (χ1v) is 10.4. The van der Waals surface area contributed by atoms with Crippen LogP contribution in [0.4, 0.5) is 4.39 Å². The Kier molecular flexibility index (Phi) is 4.98. The van der Waals surface area contributed by atoms with Crippen LogP contribution in [0.15, 0.2) is 59.7 Å². The van der Waals surface area contributed by atoms with Crippen LogP contribution in [-0.2, 0) is 28.3 Å². The lowest BCUT2D eigenvalue weighted by atomic mass is 9.86. The van der Waals surface area contributed by atoms with E-state index in [1.165, 1.54) is 12.4 Å². The second-order valence-corrected chi connectivity index (χ2v) is 7.81. The average molecular weight is 446 g/mol. The Hall–Kier alpha value is -3.98. The fraction of sp³-hybridized carbons (Fsp3) is 0.208. The van der Waals surface area contributed by atoms with Gasteiger partial charge in [0.25, 0.3) is 5.56 Å². The van der Waals surface area contributed by atoms with E-state index in [9.17, 15) is 19.1 Å². The maximum Gasteiger partial charge on any atom is 0.343 e. The predicted octanol–water partition coefficient (Wildman–Crippen LogP) is 2.70. The summed E-state index contributed by atoms with van der Waals surface area (Å²) in [5, 5.41) is 11.8. The number of esters is 1. The molecule has 5 heterocycles. The summed E-state index contributed by atoms with van der Waals surface area (Å²) < 4.78 is 18.4. The monoisotopic (exact) mass is 446 g/mol. The Morgan fingerprint density at radius 1 is 1.15 bits per heavy atom. The molecule has 0 spiro atoms. The average Bonchev–Trinajstić information content (AvgIpc) is 3.19. The van der Waals surface area contributed by atoms with Crippen molar-refractivity contribution in [1.82, 2.24) is 19.5 Å². The second-order valence-electron chi connectivity index (χ2n) is 7.81. The maximum absolute atomic E-state index is 13.0. The molecule has 4 aromatic rings. The van der Waals surface area contributed by atoms with Crippen LogP contribution in [0.25, 0.3) is 22.3 Å². The number of fused-ring (bicyclic) bond motifs is 5. The summed E-state index contributed by atoms with van der Waals surface area (Å²) in [5.41, 5.74) is 1.81. The number of halogens is 1. The molecule has 3 aromatic heterocycles. The van der Waals surface area contributed by atoms with E-state index in [0.29, 0.717) is 23.4 Å². The molecule has 0 fully saturated rings. The number of para-hydroxylation sites is 1. The molecule has 1 N–H and O–H groups in total. The number of aromatic nitrogens is 4. The van der Waals surface area contributed by atoms with Gasteiger partial charge >= 0.3 is 12.0 Å². The fourth-order valence-corrected chi connectivity index (χ4v) is 4.21. The number of pyridine rings is 2. The molecule has 0 aliphatic carbocycles. The molecule has 0 unspecified atom stereocenters. The first-order chi connectivity index (χ1) is 15.9. The van der Waals surface area contributed by atoms with Crippen molar-refractivity contribution in [1.29, 1.82) is 0 Å².